The molecule has 2 rings (SSSR count). The van der Waals surface area contributed by atoms with Crippen LogP contribution in [0.15, 0.2) is 16.7 Å². The van der Waals surface area contributed by atoms with Gasteiger partial charge in [0.25, 0.3) is 0 Å². The molecular formula is C13H19N3OS2. The van der Waals surface area contributed by atoms with Crippen molar-refractivity contribution in [2.24, 2.45) is 7.05 Å². The van der Waals surface area contributed by atoms with Gasteiger partial charge in [0.2, 0.25) is 0 Å². The second-order valence-corrected chi connectivity index (χ2v) is 7.30. The first kappa shape index (κ1) is 14.6. The second kappa shape index (κ2) is 5.64. The fraction of sp³-hybridized carbons (Fsp3) is 0.538. The lowest BCUT2D eigenvalue weighted by atomic mass is 9.93. The number of hydrogen-bond acceptors (Lipinski definition) is 5. The number of thiazole rings is 1. The average Bonchev–Trinajstić information content (AvgIpc) is 2.93. The number of aliphatic hydroxyl groups is 1. The largest absolute Gasteiger partial charge is 0.390 e. The smallest absolute Gasteiger partial charge is 0.168 e. The van der Waals surface area contributed by atoms with Crippen molar-refractivity contribution in [3.63, 3.8) is 0 Å². The van der Waals surface area contributed by atoms with Crippen LogP contribution >= 0.6 is 23.1 Å². The summed E-state index contributed by atoms with van der Waals surface area (Å²) in [5, 5.41) is 13.3. The van der Waals surface area contributed by atoms with Gasteiger partial charge in [0.1, 0.15) is 5.01 Å². The fourth-order valence-corrected chi connectivity index (χ4v) is 3.56. The summed E-state index contributed by atoms with van der Waals surface area (Å²) in [6, 6.07) is 0. The van der Waals surface area contributed by atoms with E-state index in [1.54, 1.807) is 29.3 Å². The van der Waals surface area contributed by atoms with E-state index in [-0.39, 0.29) is 12.0 Å². The molecule has 0 amide bonds. The molecule has 0 saturated carbocycles. The Kier molecular flexibility index (Phi) is 4.32. The molecule has 0 bridgehead atoms. The normalized spacial score (nSPS) is 12.1. The van der Waals surface area contributed by atoms with E-state index >= 15 is 0 Å². The van der Waals surface area contributed by atoms with Crippen LogP contribution in [0.2, 0.25) is 0 Å². The van der Waals surface area contributed by atoms with Gasteiger partial charge in [-0.25, -0.2) is 9.97 Å². The summed E-state index contributed by atoms with van der Waals surface area (Å²) in [6.45, 7) is 6.54. The van der Waals surface area contributed by atoms with Gasteiger partial charge in [-0.3, -0.25) is 0 Å². The van der Waals surface area contributed by atoms with Gasteiger partial charge in [-0.2, -0.15) is 0 Å². The lowest BCUT2D eigenvalue weighted by Crippen LogP contribution is -2.11. The Hall–Kier alpha value is -0.850. The number of aliphatic hydroxyl groups excluding tert-OH is 1. The molecule has 104 valence electrons. The van der Waals surface area contributed by atoms with E-state index in [0.717, 1.165) is 27.3 Å². The highest BCUT2D eigenvalue weighted by Crippen LogP contribution is 2.28. The Morgan fingerprint density at radius 1 is 1.42 bits per heavy atom. The summed E-state index contributed by atoms with van der Waals surface area (Å²) in [5.74, 6) is 0.816. The Morgan fingerprint density at radius 2 is 2.16 bits per heavy atom. The predicted molar refractivity (Wildman–Crippen MR) is 79.5 cm³/mol. The second-order valence-electron chi connectivity index (χ2n) is 5.41. The molecule has 4 nitrogen and oxygen atoms in total. The van der Waals surface area contributed by atoms with Crippen molar-refractivity contribution in [3.05, 3.63) is 28.0 Å². The lowest BCUT2D eigenvalue weighted by Gasteiger charge is -2.14. The maximum Gasteiger partial charge on any atom is 0.168 e. The van der Waals surface area contributed by atoms with E-state index in [0.29, 0.717) is 0 Å². The third-order valence-corrected chi connectivity index (χ3v) is 4.94. The quantitative estimate of drug-likeness (QED) is 0.882. The third kappa shape index (κ3) is 3.38. The van der Waals surface area contributed by atoms with E-state index in [1.807, 2.05) is 11.6 Å². The molecule has 0 unspecified atom stereocenters. The number of hydrogen-bond donors (Lipinski definition) is 1. The van der Waals surface area contributed by atoms with E-state index in [2.05, 4.69) is 36.1 Å². The zero-order chi connectivity index (χ0) is 14.0. The molecule has 0 aliphatic carbocycles. The van der Waals surface area contributed by atoms with Crippen molar-refractivity contribution in [1.29, 1.82) is 0 Å². The Bertz CT molecular complexity index is 554. The van der Waals surface area contributed by atoms with Crippen LogP contribution in [-0.2, 0) is 24.8 Å². The molecule has 2 heterocycles. The standard InChI is InChI=1S/C13H19N3OS2/c1-13(2,3)10-7-18-11(15-10)8-19-12-14-5-9(6-17)16(12)4/h5,7,17H,6,8H2,1-4H3. The minimum Gasteiger partial charge on any atom is -0.390 e. The number of thioether (sulfide) groups is 1. The van der Waals surface area contributed by atoms with Crippen LogP contribution in [0.5, 0.6) is 0 Å². The predicted octanol–water partition coefficient (Wildman–Crippen LogP) is 2.96. The van der Waals surface area contributed by atoms with Crippen LogP contribution in [0.25, 0.3) is 0 Å². The van der Waals surface area contributed by atoms with Gasteiger partial charge < -0.3 is 9.67 Å². The zero-order valence-electron chi connectivity index (χ0n) is 11.7. The average molecular weight is 297 g/mol. The van der Waals surface area contributed by atoms with Gasteiger partial charge >= 0.3 is 0 Å². The van der Waals surface area contributed by atoms with Crippen molar-refractivity contribution in [1.82, 2.24) is 14.5 Å². The summed E-state index contributed by atoms with van der Waals surface area (Å²) in [4.78, 5) is 8.96. The first-order chi connectivity index (χ1) is 8.91. The van der Waals surface area contributed by atoms with Gasteiger partial charge in [-0.1, -0.05) is 32.5 Å². The molecule has 0 aliphatic heterocycles. The molecule has 1 N–H and O–H groups in total. The topological polar surface area (TPSA) is 50.9 Å². The maximum absolute atomic E-state index is 9.13. The van der Waals surface area contributed by atoms with E-state index in [9.17, 15) is 0 Å². The van der Waals surface area contributed by atoms with Gasteiger partial charge in [-0.05, 0) is 0 Å². The van der Waals surface area contributed by atoms with E-state index < -0.39 is 0 Å². The molecule has 6 heteroatoms. The van der Waals surface area contributed by atoms with Crippen molar-refractivity contribution >= 4 is 23.1 Å². The fourth-order valence-electron chi connectivity index (χ4n) is 1.55. The highest BCUT2D eigenvalue weighted by Gasteiger charge is 2.17. The summed E-state index contributed by atoms with van der Waals surface area (Å²) < 4.78 is 1.92. The van der Waals surface area contributed by atoms with Crippen LogP contribution in [-0.4, -0.2) is 19.6 Å². The van der Waals surface area contributed by atoms with Crippen LogP contribution in [0, 0.1) is 0 Å². The lowest BCUT2D eigenvalue weighted by molar-refractivity contribution is 0.271. The minimum atomic E-state index is 0.0233. The van der Waals surface area contributed by atoms with E-state index in [4.69, 9.17) is 5.11 Å². The molecular weight excluding hydrogens is 278 g/mol. The summed E-state index contributed by atoms with van der Waals surface area (Å²) in [7, 11) is 1.92. The molecule has 19 heavy (non-hydrogen) atoms. The molecule has 2 aromatic rings. The van der Waals surface area contributed by atoms with E-state index in [1.165, 1.54) is 0 Å². The molecule has 0 radical (unpaired) electrons. The van der Waals surface area contributed by atoms with Gasteiger partial charge in [0.15, 0.2) is 5.16 Å². The van der Waals surface area contributed by atoms with Gasteiger partial charge in [0.05, 0.1) is 29.9 Å². The van der Waals surface area contributed by atoms with Crippen LogP contribution < -0.4 is 0 Å². The summed E-state index contributed by atoms with van der Waals surface area (Å²) in [5.41, 5.74) is 2.08. The first-order valence-electron chi connectivity index (χ1n) is 6.11. The molecule has 2 aromatic heterocycles. The number of aromatic nitrogens is 3. The molecule has 0 atom stereocenters. The number of rotatable bonds is 4. The highest BCUT2D eigenvalue weighted by atomic mass is 32.2. The van der Waals surface area contributed by atoms with Gasteiger partial charge in [-0.15, -0.1) is 11.3 Å². The molecule has 0 aliphatic rings. The molecule has 0 fully saturated rings. The number of imidazole rings is 1. The Balaban J connectivity index is 2.02. The SMILES string of the molecule is Cn1c(CO)cnc1SCc1nc(C(C)(C)C)cs1. The Morgan fingerprint density at radius 3 is 2.68 bits per heavy atom. The molecule has 0 saturated heterocycles. The van der Waals surface area contributed by atoms with Crippen LogP contribution in [0.1, 0.15) is 37.2 Å². The molecule has 0 spiro atoms. The molecule has 0 aromatic carbocycles. The summed E-state index contributed by atoms with van der Waals surface area (Å²) in [6.07, 6.45) is 1.71. The van der Waals surface area contributed by atoms with Crippen molar-refractivity contribution in [3.8, 4) is 0 Å². The van der Waals surface area contributed by atoms with Crippen molar-refractivity contribution in [2.45, 2.75) is 43.7 Å². The monoisotopic (exact) mass is 297 g/mol. The number of nitrogens with zero attached hydrogens (tertiary/aromatic N) is 3. The van der Waals surface area contributed by atoms with Crippen molar-refractivity contribution < 1.29 is 5.11 Å². The zero-order valence-corrected chi connectivity index (χ0v) is 13.3. The maximum atomic E-state index is 9.13. The first-order valence-corrected chi connectivity index (χ1v) is 7.97. The van der Waals surface area contributed by atoms with Crippen molar-refractivity contribution in [2.75, 3.05) is 0 Å². The van der Waals surface area contributed by atoms with Crippen LogP contribution in [0.4, 0.5) is 0 Å². The van der Waals surface area contributed by atoms with Gasteiger partial charge in [0, 0.05) is 17.8 Å². The highest BCUT2D eigenvalue weighted by molar-refractivity contribution is 7.98. The minimum absolute atomic E-state index is 0.0233. The summed E-state index contributed by atoms with van der Waals surface area (Å²) >= 11 is 3.34. The third-order valence-electron chi connectivity index (χ3n) is 2.85. The van der Waals surface area contributed by atoms with Crippen LogP contribution in [0.3, 0.4) is 0 Å². The Labute approximate surface area is 121 Å².